The number of aromatic nitrogens is 3. The highest BCUT2D eigenvalue weighted by molar-refractivity contribution is 6.20. The Bertz CT molecular complexity index is 478. The molecule has 0 spiro atoms. The fraction of sp³-hybridized carbons (Fsp3) is 0.500. The van der Waals surface area contributed by atoms with Gasteiger partial charge in [-0.2, -0.15) is 5.10 Å². The monoisotopic (exact) mass is 237 g/mol. The Morgan fingerprint density at radius 3 is 3.00 bits per heavy atom. The summed E-state index contributed by atoms with van der Waals surface area (Å²) < 4.78 is 1.87. The average molecular weight is 238 g/mol. The number of nitrogens with zero attached hydrogens (tertiary/aromatic N) is 3. The van der Waals surface area contributed by atoms with E-state index in [2.05, 4.69) is 30.0 Å². The first kappa shape index (κ1) is 11.4. The molecule has 0 radical (unpaired) electrons. The van der Waals surface area contributed by atoms with Crippen molar-refractivity contribution in [3.63, 3.8) is 0 Å². The predicted octanol–water partition coefficient (Wildman–Crippen LogP) is 2.99. The molecule has 0 fully saturated rings. The number of hydrogen-bond acceptors (Lipinski definition) is 2. The third-order valence-corrected chi connectivity index (χ3v) is 3.00. The van der Waals surface area contributed by atoms with Gasteiger partial charge in [0.15, 0.2) is 5.65 Å². The Hall–Kier alpha value is -1.09. The van der Waals surface area contributed by atoms with Crippen molar-refractivity contribution in [2.24, 2.45) is 0 Å². The van der Waals surface area contributed by atoms with Crippen LogP contribution in [0.5, 0.6) is 0 Å². The second kappa shape index (κ2) is 4.83. The minimum atomic E-state index is 0.180. The maximum absolute atomic E-state index is 6.27. The van der Waals surface area contributed by atoms with Gasteiger partial charge in [-0.25, -0.2) is 9.50 Å². The number of halogens is 1. The molecule has 0 saturated carbocycles. The van der Waals surface area contributed by atoms with Crippen molar-refractivity contribution in [2.75, 3.05) is 0 Å². The summed E-state index contributed by atoms with van der Waals surface area (Å²) in [6.45, 7) is 4.22. The molecule has 86 valence electrons. The van der Waals surface area contributed by atoms with Crippen LogP contribution in [-0.4, -0.2) is 20.0 Å². The molecular formula is C12H16ClN3. The van der Waals surface area contributed by atoms with Gasteiger partial charge in [0.25, 0.3) is 0 Å². The van der Waals surface area contributed by atoms with E-state index < -0.39 is 0 Å². The number of alkyl halides is 1. The molecule has 0 aromatic carbocycles. The minimum Gasteiger partial charge on any atom is -0.218 e. The standard InChI is InChI=1S/C12H16ClN3/c1-3-4-10(13)7-11-5-9(2)6-12-14-8-15-16(11)12/h5-6,8,10H,3-4,7H2,1-2H3. The highest BCUT2D eigenvalue weighted by atomic mass is 35.5. The van der Waals surface area contributed by atoms with E-state index in [1.807, 2.05) is 10.6 Å². The van der Waals surface area contributed by atoms with Crippen molar-refractivity contribution in [3.8, 4) is 0 Å². The zero-order valence-corrected chi connectivity index (χ0v) is 10.4. The summed E-state index contributed by atoms with van der Waals surface area (Å²) in [5, 5.41) is 4.40. The minimum absolute atomic E-state index is 0.180. The van der Waals surface area contributed by atoms with Crippen molar-refractivity contribution in [1.82, 2.24) is 14.6 Å². The van der Waals surface area contributed by atoms with Crippen molar-refractivity contribution in [2.45, 2.75) is 38.5 Å². The normalized spacial score (nSPS) is 13.2. The lowest BCUT2D eigenvalue weighted by atomic mass is 10.1. The quantitative estimate of drug-likeness (QED) is 0.766. The first-order chi connectivity index (χ1) is 7.70. The van der Waals surface area contributed by atoms with E-state index in [9.17, 15) is 0 Å². The maximum atomic E-state index is 6.27. The predicted molar refractivity (Wildman–Crippen MR) is 66.0 cm³/mol. The second-order valence-electron chi connectivity index (χ2n) is 4.14. The Labute approximate surface area is 100 Å². The Morgan fingerprint density at radius 2 is 2.25 bits per heavy atom. The third-order valence-electron chi connectivity index (χ3n) is 2.63. The van der Waals surface area contributed by atoms with Crippen molar-refractivity contribution in [1.29, 1.82) is 0 Å². The summed E-state index contributed by atoms with van der Waals surface area (Å²) >= 11 is 6.27. The lowest BCUT2D eigenvalue weighted by Gasteiger charge is -2.10. The summed E-state index contributed by atoms with van der Waals surface area (Å²) in [5.74, 6) is 0. The first-order valence-corrected chi connectivity index (χ1v) is 6.07. The van der Waals surface area contributed by atoms with Crippen LogP contribution in [0.25, 0.3) is 5.65 Å². The van der Waals surface area contributed by atoms with Crippen molar-refractivity contribution in [3.05, 3.63) is 29.7 Å². The molecule has 0 amide bonds. The molecule has 3 nitrogen and oxygen atoms in total. The summed E-state index contributed by atoms with van der Waals surface area (Å²) in [7, 11) is 0. The maximum Gasteiger partial charge on any atom is 0.155 e. The van der Waals surface area contributed by atoms with Gasteiger partial charge < -0.3 is 0 Å². The highest BCUT2D eigenvalue weighted by Crippen LogP contribution is 2.15. The lowest BCUT2D eigenvalue weighted by Crippen LogP contribution is -2.08. The van der Waals surface area contributed by atoms with Crippen LogP contribution >= 0.6 is 11.6 Å². The molecule has 0 aliphatic rings. The molecular weight excluding hydrogens is 222 g/mol. The molecule has 4 heteroatoms. The van der Waals surface area contributed by atoms with E-state index in [0.717, 1.165) is 30.6 Å². The molecule has 0 bridgehead atoms. The molecule has 0 aliphatic carbocycles. The average Bonchev–Trinajstić information content (AvgIpc) is 2.65. The third kappa shape index (κ3) is 2.35. The molecule has 1 unspecified atom stereocenters. The van der Waals surface area contributed by atoms with Crippen LogP contribution < -0.4 is 0 Å². The van der Waals surface area contributed by atoms with Crippen LogP contribution in [0.2, 0.25) is 0 Å². The van der Waals surface area contributed by atoms with Crippen LogP contribution in [0.1, 0.15) is 31.0 Å². The second-order valence-corrected chi connectivity index (χ2v) is 4.76. The van der Waals surface area contributed by atoms with E-state index in [4.69, 9.17) is 11.6 Å². The van der Waals surface area contributed by atoms with E-state index in [1.165, 1.54) is 5.56 Å². The fourth-order valence-electron chi connectivity index (χ4n) is 1.93. The summed E-state index contributed by atoms with van der Waals surface area (Å²) in [4.78, 5) is 4.20. The topological polar surface area (TPSA) is 30.2 Å². The molecule has 0 aliphatic heterocycles. The number of rotatable bonds is 4. The van der Waals surface area contributed by atoms with Gasteiger partial charge in [-0.05, 0) is 31.0 Å². The van der Waals surface area contributed by atoms with Crippen LogP contribution in [0.4, 0.5) is 0 Å². The van der Waals surface area contributed by atoms with Gasteiger partial charge in [0, 0.05) is 17.5 Å². The van der Waals surface area contributed by atoms with Crippen LogP contribution in [0.3, 0.4) is 0 Å². The molecule has 2 heterocycles. The van der Waals surface area contributed by atoms with Gasteiger partial charge in [-0.15, -0.1) is 11.6 Å². The molecule has 16 heavy (non-hydrogen) atoms. The van der Waals surface area contributed by atoms with Crippen molar-refractivity contribution < 1.29 is 0 Å². The van der Waals surface area contributed by atoms with Crippen molar-refractivity contribution >= 4 is 17.2 Å². The smallest absolute Gasteiger partial charge is 0.155 e. The number of pyridine rings is 1. The van der Waals surface area contributed by atoms with Crippen LogP contribution in [0.15, 0.2) is 18.5 Å². The molecule has 2 aromatic heterocycles. The summed E-state index contributed by atoms with van der Waals surface area (Å²) in [6.07, 6.45) is 4.57. The molecule has 1 atom stereocenters. The molecule has 2 aromatic rings. The molecule has 0 N–H and O–H groups in total. The van der Waals surface area contributed by atoms with E-state index in [1.54, 1.807) is 6.33 Å². The number of hydrogen-bond donors (Lipinski definition) is 0. The zero-order chi connectivity index (χ0) is 11.5. The fourth-order valence-corrected chi connectivity index (χ4v) is 2.30. The van der Waals surface area contributed by atoms with Gasteiger partial charge in [0.2, 0.25) is 0 Å². The SMILES string of the molecule is CCCC(Cl)Cc1cc(C)cc2ncnn12. The van der Waals surface area contributed by atoms with E-state index >= 15 is 0 Å². The molecule has 0 saturated heterocycles. The summed E-state index contributed by atoms with van der Waals surface area (Å²) in [6, 6.07) is 4.16. The van der Waals surface area contributed by atoms with Crippen LogP contribution in [-0.2, 0) is 6.42 Å². The van der Waals surface area contributed by atoms with Gasteiger partial charge in [0.05, 0.1) is 0 Å². The Morgan fingerprint density at radius 1 is 1.44 bits per heavy atom. The molecule has 2 rings (SSSR count). The van der Waals surface area contributed by atoms with Crippen LogP contribution in [0, 0.1) is 6.92 Å². The number of fused-ring (bicyclic) bond motifs is 1. The van der Waals surface area contributed by atoms with Gasteiger partial charge in [0.1, 0.15) is 6.33 Å². The first-order valence-electron chi connectivity index (χ1n) is 5.64. The van der Waals surface area contributed by atoms with E-state index in [0.29, 0.717) is 0 Å². The lowest BCUT2D eigenvalue weighted by molar-refractivity contribution is 0.698. The Balaban J connectivity index is 2.31. The highest BCUT2D eigenvalue weighted by Gasteiger charge is 2.09. The van der Waals surface area contributed by atoms with E-state index in [-0.39, 0.29) is 5.38 Å². The zero-order valence-electron chi connectivity index (χ0n) is 9.65. The largest absolute Gasteiger partial charge is 0.218 e. The summed E-state index contributed by atoms with van der Waals surface area (Å²) in [5.41, 5.74) is 3.24. The number of aryl methyl sites for hydroxylation is 1. The van der Waals surface area contributed by atoms with Gasteiger partial charge in [-0.3, -0.25) is 0 Å². The van der Waals surface area contributed by atoms with Gasteiger partial charge >= 0.3 is 0 Å². The Kier molecular flexibility index (Phi) is 3.44. The van der Waals surface area contributed by atoms with Gasteiger partial charge in [-0.1, -0.05) is 13.3 Å².